The molecule has 0 atom stereocenters. The van der Waals surface area contributed by atoms with Crippen LogP contribution in [0.2, 0.25) is 0 Å². The molecule has 32 heavy (non-hydrogen) atoms. The van der Waals surface area contributed by atoms with Crippen molar-refractivity contribution in [3.05, 3.63) is 71.1 Å². The fourth-order valence-corrected chi connectivity index (χ4v) is 5.22. The maximum absolute atomic E-state index is 13.3. The summed E-state index contributed by atoms with van der Waals surface area (Å²) in [6.07, 6.45) is 5.52. The van der Waals surface area contributed by atoms with Crippen LogP contribution >= 0.6 is 0 Å². The van der Waals surface area contributed by atoms with Gasteiger partial charge in [-0.25, -0.2) is 8.42 Å². The number of aromatic nitrogens is 1. The Morgan fingerprint density at radius 2 is 1.91 bits per heavy atom. The number of hydrogen-bond donors (Lipinski definition) is 1. The number of hydrogen-bond acceptors (Lipinski definition) is 5. The highest BCUT2D eigenvalue weighted by molar-refractivity contribution is 7.92. The van der Waals surface area contributed by atoms with Gasteiger partial charge in [-0.15, -0.1) is 0 Å². The summed E-state index contributed by atoms with van der Waals surface area (Å²) in [6.45, 7) is 3.99. The predicted octanol–water partition coefficient (Wildman–Crippen LogP) is 4.64. The van der Waals surface area contributed by atoms with E-state index in [0.29, 0.717) is 30.1 Å². The van der Waals surface area contributed by atoms with Gasteiger partial charge in [0.2, 0.25) is 5.91 Å². The van der Waals surface area contributed by atoms with E-state index in [1.54, 1.807) is 50.3 Å². The molecule has 0 radical (unpaired) electrons. The Morgan fingerprint density at radius 3 is 2.66 bits per heavy atom. The first kappa shape index (κ1) is 21.8. The number of rotatable bonds is 6. The van der Waals surface area contributed by atoms with Crippen LogP contribution in [-0.4, -0.2) is 26.0 Å². The molecule has 3 aromatic rings. The summed E-state index contributed by atoms with van der Waals surface area (Å²) in [4.78, 5) is 12.0. The van der Waals surface area contributed by atoms with Gasteiger partial charge in [-0.3, -0.25) is 9.10 Å². The molecule has 0 bridgehead atoms. The van der Waals surface area contributed by atoms with Gasteiger partial charge in [0.05, 0.1) is 10.6 Å². The first-order valence-corrected chi connectivity index (χ1v) is 12.0. The quantitative estimate of drug-likeness (QED) is 0.589. The summed E-state index contributed by atoms with van der Waals surface area (Å²) in [7, 11) is -3.65. The second-order valence-electron chi connectivity index (χ2n) is 7.62. The number of sulfonamides is 1. The zero-order valence-electron chi connectivity index (χ0n) is 18.0. The third-order valence-electron chi connectivity index (χ3n) is 5.44. The predicted molar refractivity (Wildman–Crippen MR) is 125 cm³/mol. The lowest BCUT2D eigenvalue weighted by atomic mass is 10.0. The number of nitrogens with one attached hydrogen (secondary N) is 1. The van der Waals surface area contributed by atoms with Crippen LogP contribution in [0.3, 0.4) is 0 Å². The van der Waals surface area contributed by atoms with E-state index in [4.69, 9.17) is 4.52 Å². The molecular formula is C24H25N3O4S. The molecule has 1 aliphatic heterocycles. The number of benzene rings is 2. The van der Waals surface area contributed by atoms with Crippen LogP contribution in [-0.2, 0) is 21.2 Å². The van der Waals surface area contributed by atoms with E-state index in [0.717, 1.165) is 29.7 Å². The summed E-state index contributed by atoms with van der Waals surface area (Å²) in [5.74, 6) is 0.311. The lowest BCUT2D eigenvalue weighted by molar-refractivity contribution is -0.115. The molecule has 2 aromatic carbocycles. The summed E-state index contributed by atoms with van der Waals surface area (Å²) in [6, 6.07) is 14.3. The van der Waals surface area contributed by atoms with Crippen molar-refractivity contribution in [1.29, 1.82) is 0 Å². The molecule has 0 spiro atoms. The molecule has 0 unspecified atom stereocenters. The van der Waals surface area contributed by atoms with Crippen LogP contribution in [0, 0.1) is 6.92 Å². The number of amides is 1. The van der Waals surface area contributed by atoms with E-state index < -0.39 is 10.0 Å². The van der Waals surface area contributed by atoms with Gasteiger partial charge in [-0.1, -0.05) is 48.5 Å². The monoisotopic (exact) mass is 451 g/mol. The first-order chi connectivity index (χ1) is 15.4. The minimum absolute atomic E-state index is 0.125. The fraction of sp³-hybridized carbons (Fsp3) is 0.250. The maximum atomic E-state index is 13.3. The zero-order chi connectivity index (χ0) is 22.7. The molecule has 8 heteroatoms. The molecule has 1 aliphatic rings. The Labute approximate surface area is 187 Å². The lowest BCUT2D eigenvalue weighted by Gasteiger charge is -2.30. The number of carbonyl (C=O) groups excluding carboxylic acids is 1. The zero-order valence-corrected chi connectivity index (χ0v) is 18.9. The Kier molecular flexibility index (Phi) is 6.14. The minimum Gasteiger partial charge on any atom is -0.354 e. The maximum Gasteiger partial charge on any atom is 0.264 e. The molecule has 0 saturated heterocycles. The van der Waals surface area contributed by atoms with Crippen LogP contribution in [0.25, 0.3) is 12.2 Å². The van der Waals surface area contributed by atoms with Gasteiger partial charge < -0.3 is 9.84 Å². The van der Waals surface area contributed by atoms with Crippen molar-refractivity contribution < 1.29 is 17.7 Å². The smallest absolute Gasteiger partial charge is 0.264 e. The van der Waals surface area contributed by atoms with Crippen molar-refractivity contribution in [2.45, 2.75) is 38.0 Å². The van der Waals surface area contributed by atoms with Gasteiger partial charge in [0, 0.05) is 13.0 Å². The number of carbonyl (C=O) groups is 1. The largest absolute Gasteiger partial charge is 0.354 e. The van der Waals surface area contributed by atoms with Crippen LogP contribution in [0.15, 0.2) is 57.9 Å². The number of para-hydroxylation sites is 1. The number of nitrogens with zero attached hydrogens (tertiary/aromatic N) is 2. The van der Waals surface area contributed by atoms with E-state index in [1.165, 1.54) is 4.31 Å². The van der Waals surface area contributed by atoms with Crippen LogP contribution in [0.5, 0.6) is 0 Å². The van der Waals surface area contributed by atoms with Crippen molar-refractivity contribution >= 4 is 39.5 Å². The normalized spacial score (nSPS) is 13.9. The molecule has 0 fully saturated rings. The van der Waals surface area contributed by atoms with Crippen LogP contribution < -0.4 is 9.62 Å². The van der Waals surface area contributed by atoms with Gasteiger partial charge in [-0.2, -0.15) is 0 Å². The third kappa shape index (κ3) is 4.31. The summed E-state index contributed by atoms with van der Waals surface area (Å²) >= 11 is 0. The van der Waals surface area contributed by atoms with Gasteiger partial charge in [0.25, 0.3) is 10.0 Å². The Balaban J connectivity index is 1.55. The summed E-state index contributed by atoms with van der Waals surface area (Å²) < 4.78 is 33.3. The van der Waals surface area contributed by atoms with Gasteiger partial charge in [0.1, 0.15) is 11.4 Å². The Bertz CT molecular complexity index is 1260. The molecule has 2 heterocycles. The van der Waals surface area contributed by atoms with Crippen molar-refractivity contribution in [3.8, 4) is 0 Å². The number of fused-ring (bicyclic) bond motifs is 1. The second-order valence-corrected chi connectivity index (χ2v) is 9.48. The molecular weight excluding hydrogens is 426 g/mol. The topological polar surface area (TPSA) is 92.5 Å². The molecule has 166 valence electrons. The van der Waals surface area contributed by atoms with E-state index in [9.17, 15) is 13.2 Å². The first-order valence-electron chi connectivity index (χ1n) is 10.5. The Morgan fingerprint density at radius 1 is 1.16 bits per heavy atom. The average molecular weight is 452 g/mol. The highest BCUT2D eigenvalue weighted by atomic mass is 32.2. The van der Waals surface area contributed by atoms with E-state index in [-0.39, 0.29) is 10.8 Å². The molecule has 7 nitrogen and oxygen atoms in total. The molecule has 1 aromatic heterocycles. The van der Waals surface area contributed by atoms with Gasteiger partial charge in [0.15, 0.2) is 5.76 Å². The molecule has 0 aliphatic carbocycles. The lowest BCUT2D eigenvalue weighted by Crippen LogP contribution is -2.35. The van der Waals surface area contributed by atoms with Crippen molar-refractivity contribution in [1.82, 2.24) is 5.16 Å². The van der Waals surface area contributed by atoms with Crippen molar-refractivity contribution in [3.63, 3.8) is 0 Å². The van der Waals surface area contributed by atoms with Crippen LogP contribution in [0.4, 0.5) is 11.4 Å². The number of aryl methyl sites for hydroxylation is 2. The van der Waals surface area contributed by atoms with Crippen molar-refractivity contribution in [2.24, 2.45) is 0 Å². The summed E-state index contributed by atoms with van der Waals surface area (Å²) in [5.41, 5.74) is 3.73. The highest BCUT2D eigenvalue weighted by Crippen LogP contribution is 2.32. The van der Waals surface area contributed by atoms with Crippen LogP contribution in [0.1, 0.15) is 42.3 Å². The van der Waals surface area contributed by atoms with E-state index >= 15 is 0 Å². The van der Waals surface area contributed by atoms with E-state index in [2.05, 4.69) is 10.5 Å². The van der Waals surface area contributed by atoms with Gasteiger partial charge in [-0.05, 0) is 55.2 Å². The van der Waals surface area contributed by atoms with Crippen molar-refractivity contribution in [2.75, 3.05) is 16.2 Å². The third-order valence-corrected chi connectivity index (χ3v) is 7.26. The SMILES string of the molecule is CCC(=O)Nc1c(C)noc1/C=C\c1ccc(S(=O)(=O)N2CCCc3ccccc32)cc1. The minimum atomic E-state index is -3.65. The molecule has 0 saturated carbocycles. The fourth-order valence-electron chi connectivity index (χ4n) is 3.68. The second kappa shape index (κ2) is 9.00. The highest BCUT2D eigenvalue weighted by Gasteiger charge is 2.28. The number of anilines is 2. The van der Waals surface area contributed by atoms with Gasteiger partial charge >= 0.3 is 0 Å². The Hall–Kier alpha value is -3.39. The molecule has 1 amide bonds. The standard InChI is InChI=1S/C24H25N3O4S/c1-3-23(28)25-24-17(2)26-31-22(24)15-12-18-10-13-20(14-11-18)32(29,30)27-16-6-8-19-7-4-5-9-21(19)27/h4-5,7,9-15H,3,6,8,16H2,1-2H3,(H,25,28)/b15-12-. The molecule has 4 rings (SSSR count). The average Bonchev–Trinajstić information content (AvgIpc) is 3.16. The molecule has 1 N–H and O–H groups in total. The summed E-state index contributed by atoms with van der Waals surface area (Å²) in [5, 5.41) is 6.69. The van der Waals surface area contributed by atoms with E-state index in [1.807, 2.05) is 24.3 Å².